The van der Waals surface area contributed by atoms with Crippen LogP contribution in [0.1, 0.15) is 17.0 Å². The monoisotopic (exact) mass is 411 g/mol. The summed E-state index contributed by atoms with van der Waals surface area (Å²) in [6, 6.07) is 5.74. The fourth-order valence-electron chi connectivity index (χ4n) is 2.80. The standard InChI is InChI=1S/C18H22ClN3O2S2/c1-12-15(13(2)24-21-12)10-26-11-18(23)20-14-3-4-17(16(19)9-14)22-5-7-25-8-6-22/h3-4,9H,5-8,10-11H2,1-2H3,(H,20,23). The predicted molar refractivity (Wildman–Crippen MR) is 112 cm³/mol. The number of nitrogens with one attached hydrogen (secondary N) is 1. The number of hydrogen-bond donors (Lipinski definition) is 1. The van der Waals surface area contributed by atoms with Crippen LogP contribution in [-0.4, -0.2) is 41.4 Å². The highest BCUT2D eigenvalue weighted by Gasteiger charge is 2.15. The molecule has 0 bridgehead atoms. The quantitative estimate of drug-likeness (QED) is 0.761. The third-order valence-electron chi connectivity index (χ3n) is 4.24. The SMILES string of the molecule is Cc1noc(C)c1CSCC(=O)Nc1ccc(N2CCSCC2)c(Cl)c1. The molecule has 0 saturated carbocycles. The second-order valence-electron chi connectivity index (χ2n) is 6.11. The van der Waals surface area contributed by atoms with Gasteiger partial charge < -0.3 is 14.7 Å². The highest BCUT2D eigenvalue weighted by atomic mass is 35.5. The van der Waals surface area contributed by atoms with E-state index < -0.39 is 0 Å². The average Bonchev–Trinajstić information content (AvgIpc) is 2.94. The van der Waals surface area contributed by atoms with Gasteiger partial charge in [0.25, 0.3) is 0 Å². The van der Waals surface area contributed by atoms with Gasteiger partial charge in [-0.15, -0.1) is 11.8 Å². The van der Waals surface area contributed by atoms with Gasteiger partial charge in [-0.1, -0.05) is 16.8 Å². The van der Waals surface area contributed by atoms with Gasteiger partial charge in [0, 0.05) is 41.6 Å². The van der Waals surface area contributed by atoms with Crippen LogP contribution in [0.2, 0.25) is 5.02 Å². The van der Waals surface area contributed by atoms with Crippen LogP contribution in [0.15, 0.2) is 22.7 Å². The van der Waals surface area contributed by atoms with E-state index >= 15 is 0 Å². The number of nitrogens with zero attached hydrogens (tertiary/aromatic N) is 2. The molecule has 0 spiro atoms. The zero-order valence-electron chi connectivity index (χ0n) is 14.9. The van der Waals surface area contributed by atoms with Gasteiger partial charge >= 0.3 is 0 Å². The number of thioether (sulfide) groups is 2. The Morgan fingerprint density at radius 1 is 1.38 bits per heavy atom. The van der Waals surface area contributed by atoms with Gasteiger partial charge in [0.05, 0.1) is 22.2 Å². The number of halogens is 1. The van der Waals surface area contributed by atoms with Crippen LogP contribution in [0.3, 0.4) is 0 Å². The smallest absolute Gasteiger partial charge is 0.234 e. The number of benzene rings is 1. The van der Waals surface area contributed by atoms with Crippen LogP contribution < -0.4 is 10.2 Å². The van der Waals surface area contributed by atoms with Crippen molar-refractivity contribution in [2.24, 2.45) is 0 Å². The molecule has 1 amide bonds. The zero-order valence-corrected chi connectivity index (χ0v) is 17.3. The molecule has 8 heteroatoms. The Labute approximate surface area is 167 Å². The summed E-state index contributed by atoms with van der Waals surface area (Å²) in [5, 5.41) is 7.52. The molecule has 1 aromatic carbocycles. The molecular weight excluding hydrogens is 390 g/mol. The lowest BCUT2D eigenvalue weighted by atomic mass is 10.2. The molecular formula is C18H22ClN3O2S2. The number of carbonyl (C=O) groups excluding carboxylic acids is 1. The van der Waals surface area contributed by atoms with E-state index in [9.17, 15) is 4.79 Å². The number of aromatic nitrogens is 1. The third kappa shape index (κ3) is 4.90. The Hall–Kier alpha value is -1.31. The van der Waals surface area contributed by atoms with Crippen LogP contribution in [0.4, 0.5) is 11.4 Å². The normalized spacial score (nSPS) is 14.5. The molecule has 1 aliphatic heterocycles. The van der Waals surface area contributed by atoms with Gasteiger partial charge in [0.15, 0.2) is 0 Å². The van der Waals surface area contributed by atoms with Crippen molar-refractivity contribution in [2.75, 3.05) is 40.6 Å². The van der Waals surface area contributed by atoms with Gasteiger partial charge in [-0.25, -0.2) is 0 Å². The first-order valence-corrected chi connectivity index (χ1v) is 11.1. The molecule has 3 rings (SSSR count). The topological polar surface area (TPSA) is 58.4 Å². The number of carbonyl (C=O) groups is 1. The first kappa shape index (κ1) is 19.5. The molecule has 1 saturated heterocycles. The maximum absolute atomic E-state index is 12.2. The summed E-state index contributed by atoms with van der Waals surface area (Å²) in [5.74, 6) is 4.09. The summed E-state index contributed by atoms with van der Waals surface area (Å²) in [6.45, 7) is 5.82. The first-order chi connectivity index (χ1) is 12.5. The molecule has 0 aliphatic carbocycles. The van der Waals surface area contributed by atoms with Crippen molar-refractivity contribution in [1.82, 2.24) is 5.16 Å². The lowest BCUT2D eigenvalue weighted by molar-refractivity contribution is -0.113. The molecule has 2 aromatic rings. The van der Waals surface area contributed by atoms with E-state index in [1.807, 2.05) is 43.8 Å². The maximum Gasteiger partial charge on any atom is 0.234 e. The van der Waals surface area contributed by atoms with E-state index in [0.717, 1.165) is 53.0 Å². The lowest BCUT2D eigenvalue weighted by Gasteiger charge is -2.29. The first-order valence-electron chi connectivity index (χ1n) is 8.46. The van der Waals surface area contributed by atoms with Gasteiger partial charge in [-0.2, -0.15) is 11.8 Å². The van der Waals surface area contributed by atoms with Gasteiger partial charge in [-0.3, -0.25) is 4.79 Å². The largest absolute Gasteiger partial charge is 0.369 e. The van der Waals surface area contributed by atoms with E-state index in [2.05, 4.69) is 15.4 Å². The second kappa shape index (κ2) is 9.06. The molecule has 1 aliphatic rings. The third-order valence-corrected chi connectivity index (χ3v) is 6.45. The summed E-state index contributed by atoms with van der Waals surface area (Å²) >= 11 is 9.94. The van der Waals surface area contributed by atoms with Gasteiger partial charge in [0.2, 0.25) is 5.91 Å². The van der Waals surface area contributed by atoms with E-state index in [1.165, 1.54) is 0 Å². The Morgan fingerprint density at radius 3 is 2.81 bits per heavy atom. The molecule has 2 heterocycles. The molecule has 0 atom stereocenters. The molecule has 0 radical (unpaired) electrons. The predicted octanol–water partition coefficient (Wildman–Crippen LogP) is 4.37. The lowest BCUT2D eigenvalue weighted by Crippen LogP contribution is -2.32. The van der Waals surface area contributed by atoms with Crippen molar-refractivity contribution < 1.29 is 9.32 Å². The van der Waals surface area contributed by atoms with Gasteiger partial charge in [0.1, 0.15) is 5.76 Å². The van der Waals surface area contributed by atoms with E-state index in [1.54, 1.807) is 11.8 Å². The summed E-state index contributed by atoms with van der Waals surface area (Å²) < 4.78 is 5.14. The molecule has 26 heavy (non-hydrogen) atoms. The fraction of sp³-hybridized carbons (Fsp3) is 0.444. The molecule has 0 unspecified atom stereocenters. The van der Waals surface area contributed by atoms with Gasteiger partial charge in [-0.05, 0) is 32.0 Å². The summed E-state index contributed by atoms with van der Waals surface area (Å²) in [7, 11) is 0. The minimum atomic E-state index is -0.0417. The number of hydrogen-bond acceptors (Lipinski definition) is 6. The van der Waals surface area contributed by atoms with E-state index in [4.69, 9.17) is 16.1 Å². The van der Waals surface area contributed by atoms with Crippen molar-refractivity contribution in [3.63, 3.8) is 0 Å². The zero-order chi connectivity index (χ0) is 18.5. The van der Waals surface area contributed by atoms with Crippen molar-refractivity contribution >= 4 is 52.4 Å². The minimum Gasteiger partial charge on any atom is -0.369 e. The molecule has 140 valence electrons. The van der Waals surface area contributed by atoms with Crippen molar-refractivity contribution in [3.05, 3.63) is 40.2 Å². The summed E-state index contributed by atoms with van der Waals surface area (Å²) in [6.07, 6.45) is 0. The Kier molecular flexibility index (Phi) is 6.78. The molecule has 5 nitrogen and oxygen atoms in total. The van der Waals surface area contributed by atoms with Crippen LogP contribution in [0, 0.1) is 13.8 Å². The summed E-state index contributed by atoms with van der Waals surface area (Å²) in [5.41, 5.74) is 3.72. The van der Waals surface area contributed by atoms with Crippen LogP contribution in [0.25, 0.3) is 0 Å². The highest BCUT2D eigenvalue weighted by molar-refractivity contribution is 7.99. The molecule has 1 fully saturated rings. The van der Waals surface area contributed by atoms with Crippen LogP contribution in [-0.2, 0) is 10.5 Å². The number of anilines is 2. The van der Waals surface area contributed by atoms with Crippen LogP contribution in [0.5, 0.6) is 0 Å². The summed E-state index contributed by atoms with van der Waals surface area (Å²) in [4.78, 5) is 14.5. The average molecular weight is 412 g/mol. The van der Waals surface area contributed by atoms with E-state index in [-0.39, 0.29) is 5.91 Å². The number of amides is 1. The minimum absolute atomic E-state index is 0.0417. The van der Waals surface area contributed by atoms with Crippen molar-refractivity contribution in [1.29, 1.82) is 0 Å². The van der Waals surface area contributed by atoms with E-state index in [0.29, 0.717) is 16.5 Å². The molecule has 1 N–H and O–H groups in total. The fourth-order valence-corrected chi connectivity index (χ4v) is 4.98. The van der Waals surface area contributed by atoms with Crippen molar-refractivity contribution in [2.45, 2.75) is 19.6 Å². The number of aryl methyl sites for hydroxylation is 2. The van der Waals surface area contributed by atoms with Crippen LogP contribution >= 0.6 is 35.1 Å². The number of rotatable bonds is 6. The maximum atomic E-state index is 12.2. The Balaban J connectivity index is 1.51. The Bertz CT molecular complexity index is 756. The second-order valence-corrected chi connectivity index (χ2v) is 8.73. The van der Waals surface area contributed by atoms with Crippen molar-refractivity contribution in [3.8, 4) is 0 Å². The highest BCUT2D eigenvalue weighted by Crippen LogP contribution is 2.30. The Morgan fingerprint density at radius 2 is 2.15 bits per heavy atom. The molecule has 1 aromatic heterocycles.